The number of hydrogen-bond acceptors (Lipinski definition) is 4. The summed E-state index contributed by atoms with van der Waals surface area (Å²) in [5, 5.41) is 4.05. The minimum atomic E-state index is -0.0362. The van der Waals surface area contributed by atoms with Crippen LogP contribution in [0, 0.1) is 20.8 Å². The molecule has 0 spiro atoms. The molecule has 2 aromatic carbocycles. The highest BCUT2D eigenvalue weighted by Crippen LogP contribution is 2.18. The zero-order chi connectivity index (χ0) is 18.7. The Hall–Kier alpha value is -2.95. The number of aryl methyl sites for hydroxylation is 3. The van der Waals surface area contributed by atoms with Gasteiger partial charge in [-0.15, -0.1) is 0 Å². The van der Waals surface area contributed by atoms with Gasteiger partial charge in [0.1, 0.15) is 6.54 Å². The molecule has 1 aromatic heterocycles. The average molecular weight is 349 g/mol. The number of carbonyl (C=O) groups excluding carboxylic acids is 1. The lowest BCUT2D eigenvalue weighted by molar-refractivity contribution is 0.0734. The van der Waals surface area contributed by atoms with E-state index >= 15 is 0 Å². The lowest BCUT2D eigenvalue weighted by Crippen LogP contribution is -2.30. The molecule has 1 heterocycles. The molecule has 134 valence electrons. The lowest BCUT2D eigenvalue weighted by Gasteiger charge is -2.19. The number of aromatic nitrogens is 2. The van der Waals surface area contributed by atoms with Crippen LogP contribution in [0.1, 0.15) is 39.9 Å². The van der Waals surface area contributed by atoms with E-state index in [2.05, 4.69) is 10.1 Å². The summed E-state index contributed by atoms with van der Waals surface area (Å²) in [7, 11) is 0. The van der Waals surface area contributed by atoms with Gasteiger partial charge in [-0.3, -0.25) is 4.79 Å². The highest BCUT2D eigenvalue weighted by Gasteiger charge is 2.18. The van der Waals surface area contributed by atoms with Crippen molar-refractivity contribution in [2.45, 2.75) is 34.2 Å². The number of nitrogens with zero attached hydrogens (tertiary/aromatic N) is 3. The van der Waals surface area contributed by atoms with Crippen LogP contribution in [-0.2, 0) is 6.54 Å². The van der Waals surface area contributed by atoms with Gasteiger partial charge in [0.2, 0.25) is 11.7 Å². The topological polar surface area (TPSA) is 59.2 Å². The molecular formula is C21H23N3O2. The number of rotatable bonds is 5. The van der Waals surface area contributed by atoms with Gasteiger partial charge in [0, 0.05) is 17.7 Å². The molecule has 0 aliphatic heterocycles. The van der Waals surface area contributed by atoms with Crippen LogP contribution < -0.4 is 0 Å². The summed E-state index contributed by atoms with van der Waals surface area (Å²) >= 11 is 0. The molecule has 0 fully saturated rings. The Morgan fingerprint density at radius 2 is 1.88 bits per heavy atom. The van der Waals surface area contributed by atoms with Crippen molar-refractivity contribution in [2.24, 2.45) is 0 Å². The largest absolute Gasteiger partial charge is 0.337 e. The second-order valence-electron chi connectivity index (χ2n) is 6.50. The molecule has 0 aliphatic rings. The molecule has 0 aliphatic carbocycles. The molecular weight excluding hydrogens is 326 g/mol. The highest BCUT2D eigenvalue weighted by atomic mass is 16.5. The fourth-order valence-electron chi connectivity index (χ4n) is 2.77. The van der Waals surface area contributed by atoms with E-state index in [0.717, 1.165) is 16.7 Å². The molecule has 0 bridgehead atoms. The van der Waals surface area contributed by atoms with Crippen molar-refractivity contribution >= 4 is 5.91 Å². The Kier molecular flexibility index (Phi) is 5.16. The van der Waals surface area contributed by atoms with E-state index in [1.807, 2.05) is 70.2 Å². The van der Waals surface area contributed by atoms with Crippen molar-refractivity contribution < 1.29 is 9.32 Å². The zero-order valence-corrected chi connectivity index (χ0v) is 15.6. The van der Waals surface area contributed by atoms with E-state index < -0.39 is 0 Å². The van der Waals surface area contributed by atoms with Gasteiger partial charge in [-0.05, 0) is 57.0 Å². The van der Waals surface area contributed by atoms with Crippen LogP contribution in [0.3, 0.4) is 0 Å². The van der Waals surface area contributed by atoms with Gasteiger partial charge in [-0.1, -0.05) is 35.0 Å². The van der Waals surface area contributed by atoms with Crippen LogP contribution in [0.4, 0.5) is 0 Å². The van der Waals surface area contributed by atoms with Gasteiger partial charge in [-0.2, -0.15) is 4.98 Å². The maximum absolute atomic E-state index is 12.8. The lowest BCUT2D eigenvalue weighted by atomic mass is 10.1. The summed E-state index contributed by atoms with van der Waals surface area (Å²) in [4.78, 5) is 19.0. The quantitative estimate of drug-likeness (QED) is 0.688. The van der Waals surface area contributed by atoms with E-state index in [9.17, 15) is 4.79 Å². The molecule has 5 nitrogen and oxygen atoms in total. The van der Waals surface area contributed by atoms with Gasteiger partial charge >= 0.3 is 0 Å². The summed E-state index contributed by atoms with van der Waals surface area (Å²) in [5.41, 5.74) is 4.99. The summed E-state index contributed by atoms with van der Waals surface area (Å²) in [5.74, 6) is 0.935. The van der Waals surface area contributed by atoms with Crippen LogP contribution >= 0.6 is 0 Å². The Bertz CT molecular complexity index is 931. The van der Waals surface area contributed by atoms with Crippen LogP contribution in [0.15, 0.2) is 47.0 Å². The van der Waals surface area contributed by atoms with Gasteiger partial charge in [0.05, 0.1) is 0 Å². The Morgan fingerprint density at radius 1 is 1.08 bits per heavy atom. The fraction of sp³-hybridized carbons (Fsp3) is 0.286. The maximum Gasteiger partial charge on any atom is 0.254 e. The van der Waals surface area contributed by atoms with E-state index in [1.165, 1.54) is 5.56 Å². The third-order valence-electron chi connectivity index (χ3n) is 4.49. The average Bonchev–Trinajstić information content (AvgIpc) is 3.10. The van der Waals surface area contributed by atoms with Crippen molar-refractivity contribution in [1.29, 1.82) is 0 Å². The molecule has 5 heteroatoms. The van der Waals surface area contributed by atoms with Crippen molar-refractivity contribution in [3.63, 3.8) is 0 Å². The van der Waals surface area contributed by atoms with E-state index in [-0.39, 0.29) is 5.91 Å². The van der Waals surface area contributed by atoms with Crippen LogP contribution in [0.25, 0.3) is 11.4 Å². The monoisotopic (exact) mass is 349 g/mol. The number of carbonyl (C=O) groups is 1. The predicted molar refractivity (Wildman–Crippen MR) is 101 cm³/mol. The summed E-state index contributed by atoms with van der Waals surface area (Å²) in [6.07, 6.45) is 0. The number of hydrogen-bond donors (Lipinski definition) is 0. The molecule has 0 unspecified atom stereocenters. The van der Waals surface area contributed by atoms with E-state index in [0.29, 0.717) is 30.4 Å². The maximum atomic E-state index is 12.8. The van der Waals surface area contributed by atoms with Crippen molar-refractivity contribution in [2.75, 3.05) is 6.54 Å². The van der Waals surface area contributed by atoms with Gasteiger partial charge in [-0.25, -0.2) is 0 Å². The third-order valence-corrected chi connectivity index (χ3v) is 4.49. The first-order valence-electron chi connectivity index (χ1n) is 8.74. The summed E-state index contributed by atoms with van der Waals surface area (Å²) < 4.78 is 5.37. The van der Waals surface area contributed by atoms with Crippen LogP contribution in [0.2, 0.25) is 0 Å². The van der Waals surface area contributed by atoms with Gasteiger partial charge in [0.25, 0.3) is 5.91 Å². The predicted octanol–water partition coefficient (Wildman–Crippen LogP) is 4.32. The first-order valence-corrected chi connectivity index (χ1v) is 8.74. The first kappa shape index (κ1) is 17.9. The molecule has 0 N–H and O–H groups in total. The van der Waals surface area contributed by atoms with Gasteiger partial charge in [0.15, 0.2) is 0 Å². The molecule has 0 atom stereocenters. The van der Waals surface area contributed by atoms with Crippen molar-refractivity contribution in [3.05, 3.63) is 70.6 Å². The summed E-state index contributed by atoms with van der Waals surface area (Å²) in [6.45, 7) is 8.86. The highest BCUT2D eigenvalue weighted by molar-refractivity contribution is 5.94. The smallest absolute Gasteiger partial charge is 0.254 e. The third kappa shape index (κ3) is 3.82. The number of benzene rings is 2. The molecule has 0 saturated heterocycles. The van der Waals surface area contributed by atoms with Crippen molar-refractivity contribution in [3.8, 4) is 11.4 Å². The normalized spacial score (nSPS) is 10.8. The molecule has 26 heavy (non-hydrogen) atoms. The second-order valence-corrected chi connectivity index (χ2v) is 6.50. The molecule has 0 radical (unpaired) electrons. The molecule has 3 rings (SSSR count). The van der Waals surface area contributed by atoms with Crippen LogP contribution in [0.5, 0.6) is 0 Å². The van der Waals surface area contributed by atoms with Crippen LogP contribution in [-0.4, -0.2) is 27.5 Å². The molecule has 0 saturated carbocycles. The Morgan fingerprint density at radius 3 is 2.58 bits per heavy atom. The van der Waals surface area contributed by atoms with E-state index in [1.54, 1.807) is 4.90 Å². The minimum absolute atomic E-state index is 0.0362. The molecule has 3 aromatic rings. The van der Waals surface area contributed by atoms with Crippen molar-refractivity contribution in [1.82, 2.24) is 15.0 Å². The Balaban J connectivity index is 1.78. The SMILES string of the molecule is CCN(Cc1nc(-c2cccc(C)c2)no1)C(=O)c1ccc(C)c(C)c1. The first-order chi connectivity index (χ1) is 12.5. The van der Waals surface area contributed by atoms with Gasteiger partial charge < -0.3 is 9.42 Å². The molecule has 1 amide bonds. The Labute approximate surface area is 153 Å². The summed E-state index contributed by atoms with van der Waals surface area (Å²) in [6, 6.07) is 13.7. The number of amides is 1. The standard InChI is InChI=1S/C21H23N3O2/c1-5-24(21(25)18-10-9-15(3)16(4)12-18)13-19-22-20(23-26-19)17-8-6-7-14(2)11-17/h6-12H,5,13H2,1-4H3. The zero-order valence-electron chi connectivity index (χ0n) is 15.6. The minimum Gasteiger partial charge on any atom is -0.337 e. The van der Waals surface area contributed by atoms with E-state index in [4.69, 9.17) is 4.52 Å². The second kappa shape index (κ2) is 7.52. The fourth-order valence-corrected chi connectivity index (χ4v) is 2.77.